The van der Waals surface area contributed by atoms with Crippen molar-refractivity contribution in [3.05, 3.63) is 59.4 Å². The lowest BCUT2D eigenvalue weighted by atomic mass is 9.89. The van der Waals surface area contributed by atoms with E-state index in [1.807, 2.05) is 26.8 Å². The Morgan fingerprint density at radius 1 is 1.12 bits per heavy atom. The third kappa shape index (κ3) is 7.03. The summed E-state index contributed by atoms with van der Waals surface area (Å²) in [6, 6.07) is 10.6. The van der Waals surface area contributed by atoms with Gasteiger partial charge in [-0.2, -0.15) is 13.2 Å². The maximum atomic E-state index is 12.9. The number of carbonyl (C=O) groups excluding carboxylic acids is 2. The van der Waals surface area contributed by atoms with Crippen LogP contribution in [-0.4, -0.2) is 39.8 Å². The number of anilines is 1. The van der Waals surface area contributed by atoms with Crippen LogP contribution in [0.1, 0.15) is 62.3 Å². The number of nitrogens with zero attached hydrogens (tertiary/aromatic N) is 2. The topological polar surface area (TPSA) is 74.3 Å². The molecule has 2 N–H and O–H groups in total. The molecule has 1 saturated heterocycles. The lowest BCUT2D eigenvalue weighted by Gasteiger charge is -2.38. The van der Waals surface area contributed by atoms with Gasteiger partial charge in [0.25, 0.3) is 5.91 Å². The third-order valence-electron chi connectivity index (χ3n) is 5.73. The summed E-state index contributed by atoms with van der Waals surface area (Å²) in [7, 11) is 0. The second-order valence-corrected chi connectivity index (χ2v) is 9.84. The molecule has 2 amide bonds. The van der Waals surface area contributed by atoms with Crippen molar-refractivity contribution in [2.45, 2.75) is 64.8 Å². The van der Waals surface area contributed by atoms with Gasteiger partial charge in [-0.1, -0.05) is 18.2 Å². The Bertz CT molecular complexity index is 1030. The van der Waals surface area contributed by atoms with Crippen LogP contribution in [0.2, 0.25) is 0 Å². The largest absolute Gasteiger partial charge is 0.433 e. The van der Waals surface area contributed by atoms with Gasteiger partial charge in [0.2, 0.25) is 5.91 Å². The minimum atomic E-state index is -4.62. The van der Waals surface area contributed by atoms with Crippen LogP contribution in [-0.2, 0) is 17.5 Å². The molecule has 34 heavy (non-hydrogen) atoms. The molecular formula is C25H31F3N4O2. The first kappa shape index (κ1) is 25.7. The first-order chi connectivity index (χ1) is 15.8. The molecule has 184 valence electrons. The first-order valence-electron chi connectivity index (χ1n) is 11.3. The number of aromatic nitrogens is 1. The Balaban J connectivity index is 1.61. The molecule has 1 fully saturated rings. The van der Waals surface area contributed by atoms with Crippen LogP contribution < -0.4 is 10.6 Å². The van der Waals surface area contributed by atoms with E-state index in [0.29, 0.717) is 12.2 Å². The predicted molar refractivity (Wildman–Crippen MR) is 124 cm³/mol. The zero-order valence-electron chi connectivity index (χ0n) is 19.9. The number of alkyl halides is 3. The maximum absolute atomic E-state index is 12.9. The van der Waals surface area contributed by atoms with Crippen LogP contribution in [0.15, 0.2) is 42.5 Å². The summed E-state index contributed by atoms with van der Waals surface area (Å²) in [6.07, 6.45) is -3.09. The number of likely N-dealkylation sites (tertiary alicyclic amines) is 1. The van der Waals surface area contributed by atoms with E-state index in [0.717, 1.165) is 37.1 Å². The Hall–Kier alpha value is -2.94. The Morgan fingerprint density at radius 2 is 1.82 bits per heavy atom. The van der Waals surface area contributed by atoms with Crippen LogP contribution >= 0.6 is 0 Å². The van der Waals surface area contributed by atoms with Gasteiger partial charge in [-0.15, -0.1) is 0 Å². The number of benzene rings is 1. The summed E-state index contributed by atoms with van der Waals surface area (Å²) >= 11 is 0. The highest BCUT2D eigenvalue weighted by atomic mass is 19.4. The molecule has 1 aliphatic rings. The Labute approximate surface area is 197 Å². The van der Waals surface area contributed by atoms with Crippen molar-refractivity contribution in [2.75, 3.05) is 11.9 Å². The highest BCUT2D eigenvalue weighted by Gasteiger charge is 2.33. The fourth-order valence-corrected chi connectivity index (χ4v) is 4.06. The van der Waals surface area contributed by atoms with Gasteiger partial charge in [-0.3, -0.25) is 14.5 Å². The number of amides is 2. The fourth-order valence-electron chi connectivity index (χ4n) is 4.06. The lowest BCUT2D eigenvalue weighted by molar-refractivity contribution is -0.141. The van der Waals surface area contributed by atoms with Crippen molar-refractivity contribution >= 4 is 17.5 Å². The summed E-state index contributed by atoms with van der Waals surface area (Å²) in [6.45, 7) is 9.42. The number of rotatable bonds is 5. The van der Waals surface area contributed by atoms with Crippen molar-refractivity contribution in [3.63, 3.8) is 0 Å². The molecule has 2 atom stereocenters. The van der Waals surface area contributed by atoms with Gasteiger partial charge >= 0.3 is 6.18 Å². The van der Waals surface area contributed by atoms with E-state index in [1.165, 1.54) is 6.07 Å². The zero-order valence-corrected chi connectivity index (χ0v) is 19.9. The molecule has 9 heteroatoms. The smallest absolute Gasteiger partial charge is 0.351 e. The number of hydrogen-bond donors (Lipinski definition) is 2. The standard InChI is InChI=1S/C25H31F3N4O2/c1-16-13-18(22(33)31-24(2,3)4)11-12-32(16)15-17-7-5-8-19(14-17)29-23(34)20-9-6-10-21(30-20)25(26,27)28/h5-10,14,16,18H,11-13,15H2,1-4H3,(H,29,34)(H,31,33)/t16-,18-/m0/s1. The van der Waals surface area contributed by atoms with Crippen molar-refractivity contribution in [1.82, 2.24) is 15.2 Å². The van der Waals surface area contributed by atoms with Gasteiger partial charge in [-0.25, -0.2) is 4.98 Å². The molecule has 0 bridgehead atoms. The minimum Gasteiger partial charge on any atom is -0.351 e. The van der Waals surface area contributed by atoms with Gasteiger partial charge < -0.3 is 10.6 Å². The SMILES string of the molecule is C[C@H]1C[C@@H](C(=O)NC(C)(C)C)CCN1Cc1cccc(NC(=O)c2cccc(C(F)(F)F)n2)c1. The first-order valence-corrected chi connectivity index (χ1v) is 11.3. The number of hydrogen-bond acceptors (Lipinski definition) is 4. The van der Waals surface area contributed by atoms with Crippen LogP contribution in [0.3, 0.4) is 0 Å². The molecule has 0 radical (unpaired) electrons. The summed E-state index contributed by atoms with van der Waals surface area (Å²) in [5.74, 6) is -0.634. The molecule has 0 aliphatic carbocycles. The molecule has 2 aromatic rings. The number of nitrogens with one attached hydrogen (secondary N) is 2. The molecule has 6 nitrogen and oxygen atoms in total. The van der Waals surface area contributed by atoms with E-state index in [9.17, 15) is 22.8 Å². The zero-order chi connectivity index (χ0) is 25.1. The van der Waals surface area contributed by atoms with Crippen LogP contribution in [0.25, 0.3) is 0 Å². The van der Waals surface area contributed by atoms with Crippen molar-refractivity contribution in [2.24, 2.45) is 5.92 Å². The van der Waals surface area contributed by atoms with Crippen LogP contribution in [0, 0.1) is 5.92 Å². The van der Waals surface area contributed by atoms with Gasteiger partial charge in [0.15, 0.2) is 0 Å². The van der Waals surface area contributed by atoms with Crippen molar-refractivity contribution in [1.29, 1.82) is 0 Å². The molecule has 1 aromatic carbocycles. The Morgan fingerprint density at radius 3 is 2.47 bits per heavy atom. The minimum absolute atomic E-state index is 0.0175. The summed E-state index contributed by atoms with van der Waals surface area (Å²) in [5.41, 5.74) is -0.230. The molecular weight excluding hydrogens is 445 g/mol. The number of piperidine rings is 1. The summed E-state index contributed by atoms with van der Waals surface area (Å²) in [5, 5.41) is 5.69. The summed E-state index contributed by atoms with van der Waals surface area (Å²) < 4.78 is 38.7. The molecule has 0 spiro atoms. The fraction of sp³-hybridized carbons (Fsp3) is 0.480. The van der Waals surface area contributed by atoms with Crippen molar-refractivity contribution in [3.8, 4) is 0 Å². The summed E-state index contributed by atoms with van der Waals surface area (Å²) in [4.78, 5) is 30.7. The van der Waals surface area contributed by atoms with Gasteiger partial charge in [-0.05, 0) is 76.9 Å². The van der Waals surface area contributed by atoms with Crippen LogP contribution in [0.5, 0.6) is 0 Å². The van der Waals surface area contributed by atoms with E-state index in [-0.39, 0.29) is 29.1 Å². The number of carbonyl (C=O) groups is 2. The third-order valence-corrected chi connectivity index (χ3v) is 5.73. The second kappa shape index (κ2) is 10.1. The van der Waals surface area contributed by atoms with E-state index < -0.39 is 17.8 Å². The quantitative estimate of drug-likeness (QED) is 0.646. The van der Waals surface area contributed by atoms with Crippen molar-refractivity contribution < 1.29 is 22.8 Å². The van der Waals surface area contributed by atoms with E-state index in [2.05, 4.69) is 27.4 Å². The average molecular weight is 477 g/mol. The monoisotopic (exact) mass is 476 g/mol. The highest BCUT2D eigenvalue weighted by Crippen LogP contribution is 2.28. The maximum Gasteiger partial charge on any atom is 0.433 e. The lowest BCUT2D eigenvalue weighted by Crippen LogP contribution is -2.49. The van der Waals surface area contributed by atoms with E-state index in [4.69, 9.17) is 0 Å². The normalized spacial score (nSPS) is 19.5. The molecule has 3 rings (SSSR count). The number of pyridine rings is 1. The average Bonchev–Trinajstić information content (AvgIpc) is 2.73. The molecule has 1 aliphatic heterocycles. The highest BCUT2D eigenvalue weighted by molar-refractivity contribution is 6.02. The number of halogens is 3. The van der Waals surface area contributed by atoms with Gasteiger partial charge in [0, 0.05) is 29.7 Å². The molecule has 0 unspecified atom stereocenters. The predicted octanol–water partition coefficient (Wildman–Crippen LogP) is 4.87. The van der Waals surface area contributed by atoms with E-state index >= 15 is 0 Å². The molecule has 2 heterocycles. The van der Waals surface area contributed by atoms with Gasteiger partial charge in [0.05, 0.1) is 0 Å². The van der Waals surface area contributed by atoms with E-state index in [1.54, 1.807) is 18.2 Å². The Kier molecular flexibility index (Phi) is 7.65. The van der Waals surface area contributed by atoms with Gasteiger partial charge in [0.1, 0.15) is 11.4 Å². The molecule has 0 saturated carbocycles. The second-order valence-electron chi connectivity index (χ2n) is 9.84. The van der Waals surface area contributed by atoms with Crippen LogP contribution in [0.4, 0.5) is 18.9 Å². The molecule has 1 aromatic heterocycles.